The van der Waals surface area contributed by atoms with Gasteiger partial charge in [0.05, 0.1) is 0 Å². The molecule has 1 atom stereocenters. The van der Waals surface area contributed by atoms with Crippen molar-refractivity contribution in [2.45, 2.75) is 32.9 Å². The Morgan fingerprint density at radius 1 is 1.03 bits per heavy atom. The molecule has 0 unspecified atom stereocenters. The standard InChI is InChI=1S/C25H24FN3O/c1-3-18-8-10-19(11-9-18)25(20-5-4-6-21(26)13-20)27-15-22-14-24(30)29-16-17(2)7-12-23(29)28-22/h4-14,16,25,27H,3,15H2,1-2H3/p+1/t25-/m1/s1. The molecule has 2 aromatic heterocycles. The molecule has 2 heterocycles. The van der Waals surface area contributed by atoms with Gasteiger partial charge in [-0.1, -0.05) is 49.4 Å². The number of halogens is 1. The number of hydrogen-bond donors (Lipinski definition) is 1. The molecule has 5 heteroatoms. The SMILES string of the molecule is CCc1ccc([C@@H]([NH2+]Cc2cc(=O)n3cc(C)ccc3n2)c2cccc(F)c2)cc1. The molecule has 0 spiro atoms. The van der Waals surface area contributed by atoms with Gasteiger partial charge in [0, 0.05) is 23.4 Å². The van der Waals surface area contributed by atoms with Crippen molar-refractivity contribution >= 4 is 5.65 Å². The van der Waals surface area contributed by atoms with Gasteiger partial charge in [-0.25, -0.2) is 9.37 Å². The average Bonchev–Trinajstić information content (AvgIpc) is 2.75. The summed E-state index contributed by atoms with van der Waals surface area (Å²) in [5, 5.41) is 2.10. The lowest BCUT2D eigenvalue weighted by Crippen LogP contribution is -2.84. The highest BCUT2D eigenvalue weighted by molar-refractivity contribution is 5.40. The first kappa shape index (κ1) is 20.0. The number of fused-ring (bicyclic) bond motifs is 1. The van der Waals surface area contributed by atoms with Gasteiger partial charge in [-0.3, -0.25) is 9.20 Å². The predicted octanol–water partition coefficient (Wildman–Crippen LogP) is 3.56. The van der Waals surface area contributed by atoms with Crippen molar-refractivity contribution in [2.75, 3.05) is 0 Å². The second kappa shape index (κ2) is 8.59. The van der Waals surface area contributed by atoms with Crippen LogP contribution in [0.25, 0.3) is 5.65 Å². The highest BCUT2D eigenvalue weighted by Crippen LogP contribution is 2.20. The van der Waals surface area contributed by atoms with E-state index >= 15 is 0 Å². The molecular formula is C25H25FN3O+. The van der Waals surface area contributed by atoms with E-state index in [-0.39, 0.29) is 17.4 Å². The van der Waals surface area contributed by atoms with E-state index in [0.29, 0.717) is 17.9 Å². The zero-order chi connectivity index (χ0) is 21.1. The van der Waals surface area contributed by atoms with E-state index in [0.717, 1.165) is 23.1 Å². The molecule has 0 bridgehead atoms. The Morgan fingerprint density at radius 2 is 1.83 bits per heavy atom. The van der Waals surface area contributed by atoms with Crippen molar-refractivity contribution in [1.82, 2.24) is 9.38 Å². The van der Waals surface area contributed by atoms with Gasteiger partial charge in [0.15, 0.2) is 0 Å². The maximum Gasteiger partial charge on any atom is 0.258 e. The predicted molar refractivity (Wildman–Crippen MR) is 116 cm³/mol. The molecular weight excluding hydrogens is 377 g/mol. The van der Waals surface area contributed by atoms with Gasteiger partial charge < -0.3 is 5.32 Å². The Kier molecular flexibility index (Phi) is 5.72. The van der Waals surface area contributed by atoms with E-state index in [1.165, 1.54) is 11.6 Å². The lowest BCUT2D eigenvalue weighted by molar-refractivity contribution is -0.702. The highest BCUT2D eigenvalue weighted by atomic mass is 19.1. The second-order valence-electron chi connectivity index (χ2n) is 7.59. The summed E-state index contributed by atoms with van der Waals surface area (Å²) in [6.45, 7) is 4.58. The van der Waals surface area contributed by atoms with Crippen LogP contribution in [0, 0.1) is 12.7 Å². The molecule has 2 aromatic carbocycles. The van der Waals surface area contributed by atoms with Gasteiger partial charge in [0.2, 0.25) is 0 Å². The summed E-state index contributed by atoms with van der Waals surface area (Å²) in [6.07, 6.45) is 2.77. The van der Waals surface area contributed by atoms with Gasteiger partial charge >= 0.3 is 0 Å². The van der Waals surface area contributed by atoms with Crippen LogP contribution >= 0.6 is 0 Å². The number of aryl methyl sites for hydroxylation is 2. The van der Waals surface area contributed by atoms with Gasteiger partial charge in [-0.15, -0.1) is 0 Å². The van der Waals surface area contributed by atoms with Crippen LogP contribution in [0.15, 0.2) is 77.7 Å². The number of aromatic nitrogens is 2. The molecule has 4 rings (SSSR count). The van der Waals surface area contributed by atoms with Crippen molar-refractivity contribution in [1.29, 1.82) is 0 Å². The Morgan fingerprint density at radius 3 is 2.57 bits per heavy atom. The molecule has 0 saturated heterocycles. The van der Waals surface area contributed by atoms with E-state index in [4.69, 9.17) is 0 Å². The van der Waals surface area contributed by atoms with E-state index in [2.05, 4.69) is 41.5 Å². The maximum absolute atomic E-state index is 13.9. The molecule has 0 radical (unpaired) electrons. The fourth-order valence-corrected chi connectivity index (χ4v) is 3.73. The summed E-state index contributed by atoms with van der Waals surface area (Å²) in [5.41, 5.74) is 5.48. The van der Waals surface area contributed by atoms with Crippen molar-refractivity contribution in [3.05, 3.63) is 117 Å². The number of quaternary nitrogens is 1. The largest absolute Gasteiger partial charge is 0.331 e. The Labute approximate surface area is 175 Å². The Hall–Kier alpha value is -3.31. The van der Waals surface area contributed by atoms with E-state index in [9.17, 15) is 9.18 Å². The summed E-state index contributed by atoms with van der Waals surface area (Å²) >= 11 is 0. The third-order valence-corrected chi connectivity index (χ3v) is 5.38. The van der Waals surface area contributed by atoms with Crippen LogP contribution < -0.4 is 10.9 Å². The van der Waals surface area contributed by atoms with E-state index < -0.39 is 0 Å². The zero-order valence-electron chi connectivity index (χ0n) is 17.2. The number of nitrogens with zero attached hydrogens (tertiary/aromatic N) is 2. The number of nitrogens with two attached hydrogens (primary N) is 1. The van der Waals surface area contributed by atoms with Crippen LogP contribution in [-0.4, -0.2) is 9.38 Å². The normalized spacial score (nSPS) is 12.2. The molecule has 0 saturated carbocycles. The van der Waals surface area contributed by atoms with Crippen LogP contribution in [0.5, 0.6) is 0 Å². The summed E-state index contributed by atoms with van der Waals surface area (Å²) < 4.78 is 15.5. The first-order valence-electron chi connectivity index (χ1n) is 10.2. The molecule has 2 N–H and O–H groups in total. The van der Waals surface area contributed by atoms with Crippen LogP contribution in [0.3, 0.4) is 0 Å². The number of hydrogen-bond acceptors (Lipinski definition) is 2. The van der Waals surface area contributed by atoms with E-state index in [1.54, 1.807) is 28.8 Å². The van der Waals surface area contributed by atoms with Gasteiger partial charge in [-0.05, 0) is 42.7 Å². The van der Waals surface area contributed by atoms with E-state index in [1.807, 2.05) is 25.1 Å². The molecule has 0 aliphatic carbocycles. The average molecular weight is 402 g/mol. The number of rotatable bonds is 6. The summed E-state index contributed by atoms with van der Waals surface area (Å²) in [6, 6.07) is 20.4. The van der Waals surface area contributed by atoms with Gasteiger partial charge in [-0.2, -0.15) is 0 Å². The minimum Gasteiger partial charge on any atom is -0.331 e. The van der Waals surface area contributed by atoms with Crippen LogP contribution in [-0.2, 0) is 13.0 Å². The minimum atomic E-state index is -0.256. The van der Waals surface area contributed by atoms with Crippen LogP contribution in [0.4, 0.5) is 4.39 Å². The number of pyridine rings is 1. The summed E-state index contributed by atoms with van der Waals surface area (Å²) in [5.74, 6) is -0.256. The fraction of sp³-hybridized carbons (Fsp3) is 0.200. The third kappa shape index (κ3) is 4.31. The summed E-state index contributed by atoms with van der Waals surface area (Å²) in [7, 11) is 0. The van der Waals surface area contributed by atoms with Crippen molar-refractivity contribution < 1.29 is 9.71 Å². The van der Waals surface area contributed by atoms with Gasteiger partial charge in [0.25, 0.3) is 5.56 Å². The van der Waals surface area contributed by atoms with Crippen LogP contribution in [0.1, 0.15) is 40.9 Å². The molecule has 152 valence electrons. The molecule has 4 nitrogen and oxygen atoms in total. The van der Waals surface area contributed by atoms with Crippen molar-refractivity contribution in [3.8, 4) is 0 Å². The fourth-order valence-electron chi connectivity index (χ4n) is 3.73. The minimum absolute atomic E-state index is 0.0927. The molecule has 4 aromatic rings. The smallest absolute Gasteiger partial charge is 0.258 e. The molecule has 0 fully saturated rings. The first-order valence-corrected chi connectivity index (χ1v) is 10.2. The zero-order valence-corrected chi connectivity index (χ0v) is 17.2. The second-order valence-corrected chi connectivity index (χ2v) is 7.59. The Balaban J connectivity index is 1.65. The van der Waals surface area contributed by atoms with Crippen LogP contribution in [0.2, 0.25) is 0 Å². The molecule has 0 aliphatic rings. The van der Waals surface area contributed by atoms with Crippen molar-refractivity contribution in [3.63, 3.8) is 0 Å². The quantitative estimate of drug-likeness (QED) is 0.536. The monoisotopic (exact) mass is 402 g/mol. The maximum atomic E-state index is 13.9. The molecule has 30 heavy (non-hydrogen) atoms. The molecule has 0 amide bonds. The molecule has 0 aliphatic heterocycles. The summed E-state index contributed by atoms with van der Waals surface area (Å²) in [4.78, 5) is 17.2. The van der Waals surface area contributed by atoms with Gasteiger partial charge in [0.1, 0.15) is 29.7 Å². The number of benzene rings is 2. The lowest BCUT2D eigenvalue weighted by Gasteiger charge is -2.17. The lowest BCUT2D eigenvalue weighted by atomic mass is 9.97. The first-order chi connectivity index (χ1) is 14.5. The highest BCUT2D eigenvalue weighted by Gasteiger charge is 2.19. The third-order valence-electron chi connectivity index (χ3n) is 5.38. The van der Waals surface area contributed by atoms with Crippen molar-refractivity contribution in [2.24, 2.45) is 0 Å². The topological polar surface area (TPSA) is 51.0 Å². The Bertz CT molecular complexity index is 1230.